The van der Waals surface area contributed by atoms with Crippen molar-refractivity contribution in [2.45, 2.75) is 69.5 Å². The van der Waals surface area contributed by atoms with Gasteiger partial charge in [0, 0.05) is 16.5 Å². The lowest BCUT2D eigenvalue weighted by Crippen LogP contribution is -2.60. The van der Waals surface area contributed by atoms with Crippen molar-refractivity contribution in [2.75, 3.05) is 6.61 Å². The second-order valence-electron chi connectivity index (χ2n) is 12.1. The van der Waals surface area contributed by atoms with Gasteiger partial charge in [-0.2, -0.15) is 0 Å². The van der Waals surface area contributed by atoms with Crippen molar-refractivity contribution in [1.82, 2.24) is 16.0 Å². The summed E-state index contributed by atoms with van der Waals surface area (Å²) in [5, 5.41) is 34.4. The van der Waals surface area contributed by atoms with Gasteiger partial charge in [-0.15, -0.1) is 11.3 Å². The maximum Gasteiger partial charge on any atom is 0.258 e. The van der Waals surface area contributed by atoms with Crippen molar-refractivity contribution in [3.05, 3.63) is 125 Å². The number of aliphatic hydroxyl groups excluding tert-OH is 2. The number of rotatable bonds is 15. The summed E-state index contributed by atoms with van der Waals surface area (Å²) in [6.07, 6.45) is -1.83. The van der Waals surface area contributed by atoms with Crippen molar-refractivity contribution < 1.29 is 24.5 Å². The van der Waals surface area contributed by atoms with Crippen molar-refractivity contribution in [1.29, 1.82) is 0 Å². The van der Waals surface area contributed by atoms with Crippen LogP contribution in [0.15, 0.2) is 109 Å². The Balaban J connectivity index is 1.55. The quantitative estimate of drug-likeness (QED) is 0.133. The second-order valence-corrected chi connectivity index (χ2v) is 13.1. The molecule has 0 bridgehead atoms. The van der Waals surface area contributed by atoms with Crippen LogP contribution in [0.5, 0.6) is 5.75 Å². The van der Waals surface area contributed by atoms with E-state index in [1.165, 1.54) is 11.3 Å². The highest BCUT2D eigenvalue weighted by atomic mass is 32.1. The topological polar surface area (TPSA) is 120 Å². The first-order valence-corrected chi connectivity index (χ1v) is 16.0. The van der Waals surface area contributed by atoms with Crippen LogP contribution in [0, 0.1) is 0 Å². The lowest BCUT2D eigenvalue weighted by Gasteiger charge is -2.37. The second kappa shape index (κ2) is 16.3. The molecule has 4 rings (SSSR count). The van der Waals surface area contributed by atoms with Gasteiger partial charge in [-0.1, -0.05) is 84.9 Å². The number of aliphatic hydroxyl groups is 2. The highest BCUT2D eigenvalue weighted by Crippen LogP contribution is 2.22. The number of carbonyl (C=O) groups excluding carboxylic acids is 2. The van der Waals surface area contributed by atoms with Crippen LogP contribution in [0.1, 0.15) is 42.8 Å². The van der Waals surface area contributed by atoms with E-state index in [-0.39, 0.29) is 18.6 Å². The van der Waals surface area contributed by atoms with Gasteiger partial charge in [-0.3, -0.25) is 9.59 Å². The molecule has 8 nitrogen and oxygen atoms in total. The van der Waals surface area contributed by atoms with E-state index in [2.05, 4.69) is 16.0 Å². The fraction of sp³-hybridized carbons (Fsp3) is 0.333. The van der Waals surface area contributed by atoms with Gasteiger partial charge in [0.15, 0.2) is 6.61 Å². The third kappa shape index (κ3) is 10.8. The van der Waals surface area contributed by atoms with Gasteiger partial charge in [-0.25, -0.2) is 0 Å². The van der Waals surface area contributed by atoms with Crippen molar-refractivity contribution in [3.63, 3.8) is 0 Å². The van der Waals surface area contributed by atoms with Crippen LogP contribution in [0.4, 0.5) is 0 Å². The monoisotopic (exact) mass is 629 g/mol. The predicted molar refractivity (Wildman–Crippen MR) is 178 cm³/mol. The summed E-state index contributed by atoms with van der Waals surface area (Å²) in [5.41, 5.74) is 1.53. The molecular formula is C36H43N3O5S. The summed E-state index contributed by atoms with van der Waals surface area (Å²) >= 11 is 1.34. The fourth-order valence-electron chi connectivity index (χ4n) is 5.14. The molecule has 4 aromatic rings. The zero-order valence-electron chi connectivity index (χ0n) is 25.9. The molecule has 0 aliphatic carbocycles. The van der Waals surface area contributed by atoms with Crippen molar-refractivity contribution >= 4 is 23.2 Å². The third-order valence-electron chi connectivity index (χ3n) is 7.23. The molecule has 0 saturated heterocycles. The van der Waals surface area contributed by atoms with E-state index in [0.29, 0.717) is 17.0 Å². The molecule has 0 radical (unpaired) electrons. The zero-order chi connectivity index (χ0) is 32.2. The summed E-state index contributed by atoms with van der Waals surface area (Å²) in [6.45, 7) is 5.74. The molecule has 45 heavy (non-hydrogen) atoms. The number of hydrogen-bond acceptors (Lipinski definition) is 7. The highest BCUT2D eigenvalue weighted by Gasteiger charge is 2.36. The normalized spacial score (nSPS) is 14.9. The smallest absolute Gasteiger partial charge is 0.258 e. The van der Waals surface area contributed by atoms with Gasteiger partial charge in [-0.05, 0) is 68.3 Å². The lowest BCUT2D eigenvalue weighted by atomic mass is 9.89. The van der Waals surface area contributed by atoms with E-state index in [4.69, 9.17) is 4.74 Å². The number of nitrogens with one attached hydrogen (secondary N) is 3. The Hall–Kier alpha value is -4.02. The number of carbonyl (C=O) groups is 2. The first-order chi connectivity index (χ1) is 21.6. The van der Waals surface area contributed by atoms with Crippen LogP contribution in [0.25, 0.3) is 0 Å². The zero-order valence-corrected chi connectivity index (χ0v) is 26.7. The van der Waals surface area contributed by atoms with Gasteiger partial charge in [0.2, 0.25) is 5.91 Å². The van der Waals surface area contributed by atoms with Crippen LogP contribution < -0.4 is 20.7 Å². The van der Waals surface area contributed by atoms with E-state index >= 15 is 0 Å². The molecule has 5 atom stereocenters. The van der Waals surface area contributed by atoms with E-state index in [9.17, 15) is 19.8 Å². The molecule has 2 amide bonds. The van der Waals surface area contributed by atoms with E-state index < -0.39 is 42.1 Å². The summed E-state index contributed by atoms with van der Waals surface area (Å²) in [4.78, 5) is 27.5. The standard InChI is InChI=1S/C36H43N3O5S/c1-36(2,3)39-29(23-26-16-9-5-10-17-26)34(42)33(41)28(22-25-14-7-4-8-15-25)37-35(43)32(30-20-13-21-45-30)38-31(40)24-44-27-18-11-6-12-19-27/h4-21,28-29,32-34,39,41-42H,22-24H2,1-3H3,(H,37,43)(H,38,40)/t28-,29-,32+,33-,34-/m0/s1. The average Bonchev–Trinajstić information content (AvgIpc) is 3.57. The molecule has 0 unspecified atom stereocenters. The van der Waals surface area contributed by atoms with Gasteiger partial charge in [0.1, 0.15) is 17.9 Å². The number of ether oxygens (including phenoxy) is 1. The van der Waals surface area contributed by atoms with Gasteiger partial charge in [0.25, 0.3) is 5.91 Å². The Morgan fingerprint density at radius 2 is 1.27 bits per heavy atom. The minimum absolute atomic E-state index is 0.264. The molecule has 3 aromatic carbocycles. The van der Waals surface area contributed by atoms with Crippen LogP contribution in [0.3, 0.4) is 0 Å². The number of hydrogen-bond donors (Lipinski definition) is 5. The molecule has 9 heteroatoms. The number of para-hydroxylation sites is 1. The van der Waals surface area contributed by atoms with Crippen LogP contribution in [0.2, 0.25) is 0 Å². The first kappa shape index (κ1) is 33.9. The summed E-state index contributed by atoms with van der Waals surface area (Å²) in [6, 6.07) is 29.4. The van der Waals surface area contributed by atoms with E-state index in [1.807, 2.05) is 105 Å². The number of thiophene rings is 1. The van der Waals surface area contributed by atoms with Crippen LogP contribution >= 0.6 is 11.3 Å². The minimum Gasteiger partial charge on any atom is -0.484 e. The summed E-state index contributed by atoms with van der Waals surface area (Å²) in [7, 11) is 0. The Morgan fingerprint density at radius 3 is 1.80 bits per heavy atom. The fourth-order valence-corrected chi connectivity index (χ4v) is 5.91. The minimum atomic E-state index is -1.33. The van der Waals surface area contributed by atoms with Gasteiger partial charge in [0.05, 0.1) is 12.1 Å². The molecule has 0 aliphatic heterocycles. The predicted octanol–water partition coefficient (Wildman–Crippen LogP) is 4.43. The van der Waals surface area contributed by atoms with Gasteiger partial charge < -0.3 is 30.9 Å². The van der Waals surface area contributed by atoms with Gasteiger partial charge >= 0.3 is 0 Å². The highest BCUT2D eigenvalue weighted by molar-refractivity contribution is 7.10. The molecule has 0 fully saturated rings. The lowest BCUT2D eigenvalue weighted by molar-refractivity contribution is -0.131. The Labute approximate surface area is 269 Å². The van der Waals surface area contributed by atoms with Crippen LogP contribution in [-0.2, 0) is 22.4 Å². The van der Waals surface area contributed by atoms with Crippen LogP contribution in [-0.4, -0.2) is 58.5 Å². The van der Waals surface area contributed by atoms with Crippen molar-refractivity contribution in [2.24, 2.45) is 0 Å². The first-order valence-electron chi connectivity index (χ1n) is 15.1. The average molecular weight is 630 g/mol. The molecule has 1 aromatic heterocycles. The van der Waals surface area contributed by atoms with E-state index in [0.717, 1.165) is 11.1 Å². The Kier molecular flexibility index (Phi) is 12.3. The molecular weight excluding hydrogens is 586 g/mol. The Morgan fingerprint density at radius 1 is 0.733 bits per heavy atom. The van der Waals surface area contributed by atoms with E-state index in [1.54, 1.807) is 24.3 Å². The Bertz CT molecular complexity index is 1450. The SMILES string of the molecule is CC(C)(C)N[C@@H](Cc1ccccc1)[C@H](O)[C@@H](O)[C@H](Cc1ccccc1)NC(=O)[C@H](NC(=O)COc1ccccc1)c1cccs1. The molecule has 0 saturated carbocycles. The largest absolute Gasteiger partial charge is 0.484 e. The maximum absolute atomic E-state index is 13.9. The molecule has 5 N–H and O–H groups in total. The summed E-state index contributed by atoms with van der Waals surface area (Å²) in [5.74, 6) is -0.426. The van der Waals surface area contributed by atoms with Crippen molar-refractivity contribution in [3.8, 4) is 5.75 Å². The molecule has 0 spiro atoms. The number of amides is 2. The summed E-state index contributed by atoms with van der Waals surface area (Å²) < 4.78 is 5.59. The third-order valence-corrected chi connectivity index (χ3v) is 8.16. The molecule has 0 aliphatic rings. The maximum atomic E-state index is 13.9. The number of benzene rings is 3. The molecule has 1 heterocycles. The molecule has 238 valence electrons.